The molecule has 2 saturated carbocycles. The van der Waals surface area contributed by atoms with Crippen LogP contribution in [-0.2, 0) is 4.79 Å². The highest BCUT2D eigenvalue weighted by Gasteiger charge is 2.45. The summed E-state index contributed by atoms with van der Waals surface area (Å²) in [5.41, 5.74) is 5.33. The number of hydrogen-bond donors (Lipinski definition) is 1. The molecule has 172 valence electrons. The van der Waals surface area contributed by atoms with Crippen molar-refractivity contribution in [1.82, 2.24) is 9.80 Å². The standard InChI is InChI=1S/C28H38N2O2/c1-29(23-9-3-2-6-20(15-23)12-13-28(31)32)26-18-24-10-5-11-25(19-26)30(24)27-16-21-7-4-8-22(14-21)17-27/h2-3,6,9,12-13,21-22,24-27H,4-5,7-8,10-11,14,16-19H2,1H3,(H,31,32). The van der Waals surface area contributed by atoms with Crippen molar-refractivity contribution in [2.75, 3.05) is 7.05 Å². The smallest absolute Gasteiger partial charge is 0.328 e. The fourth-order valence-corrected chi connectivity index (χ4v) is 7.44. The molecule has 0 aromatic carbocycles. The molecule has 0 aromatic rings. The molecule has 5 aliphatic rings. The van der Waals surface area contributed by atoms with Crippen LogP contribution < -0.4 is 0 Å². The van der Waals surface area contributed by atoms with Gasteiger partial charge < -0.3 is 10.0 Å². The van der Waals surface area contributed by atoms with Crippen molar-refractivity contribution in [1.29, 1.82) is 0 Å². The highest BCUT2D eigenvalue weighted by molar-refractivity contribution is 5.80. The number of carbonyl (C=O) groups is 1. The maximum atomic E-state index is 10.9. The van der Waals surface area contributed by atoms with Gasteiger partial charge in [0.25, 0.3) is 0 Å². The van der Waals surface area contributed by atoms with Gasteiger partial charge in [-0.3, -0.25) is 4.90 Å². The predicted octanol–water partition coefficient (Wildman–Crippen LogP) is 5.45. The first-order chi connectivity index (χ1) is 15.6. The van der Waals surface area contributed by atoms with Crippen LogP contribution in [0.15, 0.2) is 53.5 Å². The number of hydrogen-bond acceptors (Lipinski definition) is 3. The first kappa shape index (κ1) is 21.8. The highest BCUT2D eigenvalue weighted by Crippen LogP contribution is 2.46. The second-order valence-corrected chi connectivity index (χ2v) is 10.8. The fraction of sp³-hybridized carbons (Fsp3) is 0.643. The number of carboxylic acid groups (broad SMARTS) is 1. The molecule has 4 unspecified atom stereocenters. The number of fused-ring (bicyclic) bond motifs is 4. The second kappa shape index (κ2) is 9.45. The summed E-state index contributed by atoms with van der Waals surface area (Å²) in [5, 5.41) is 8.98. The summed E-state index contributed by atoms with van der Waals surface area (Å²) in [6.45, 7) is 0. The van der Waals surface area contributed by atoms with Gasteiger partial charge in [0, 0.05) is 42.9 Å². The minimum absolute atomic E-state index is 0.527. The van der Waals surface area contributed by atoms with Crippen molar-refractivity contribution in [3.05, 3.63) is 53.5 Å². The van der Waals surface area contributed by atoms with E-state index >= 15 is 0 Å². The van der Waals surface area contributed by atoms with Crippen LogP contribution in [0.1, 0.15) is 70.6 Å². The number of likely N-dealkylation sites (N-methyl/N-ethyl adjacent to an activating group) is 1. The summed E-state index contributed by atoms with van der Waals surface area (Å²) in [7, 11) is 2.21. The van der Waals surface area contributed by atoms with E-state index in [1.54, 1.807) is 6.08 Å². The van der Waals surface area contributed by atoms with Crippen molar-refractivity contribution in [2.24, 2.45) is 11.8 Å². The number of carboxylic acids is 1. The zero-order valence-corrected chi connectivity index (χ0v) is 19.5. The molecule has 4 nitrogen and oxygen atoms in total. The summed E-state index contributed by atoms with van der Waals surface area (Å²) in [6.07, 6.45) is 26.3. The van der Waals surface area contributed by atoms with Crippen LogP contribution in [0.25, 0.3) is 0 Å². The highest BCUT2D eigenvalue weighted by atomic mass is 16.4. The monoisotopic (exact) mass is 434 g/mol. The van der Waals surface area contributed by atoms with E-state index in [0.717, 1.165) is 41.2 Å². The van der Waals surface area contributed by atoms with E-state index in [4.69, 9.17) is 5.11 Å². The maximum absolute atomic E-state index is 10.9. The van der Waals surface area contributed by atoms with Crippen LogP contribution in [0, 0.1) is 11.8 Å². The third-order valence-electron chi connectivity index (χ3n) is 8.78. The Bertz CT molecular complexity index is 852. The minimum Gasteiger partial charge on any atom is -0.478 e. The van der Waals surface area contributed by atoms with Gasteiger partial charge in [0.15, 0.2) is 0 Å². The van der Waals surface area contributed by atoms with E-state index in [1.807, 2.05) is 18.2 Å². The fourth-order valence-electron chi connectivity index (χ4n) is 7.44. The molecule has 0 spiro atoms. The molecule has 2 saturated heterocycles. The number of allylic oxidation sites excluding steroid dienone is 5. The molecule has 1 N–H and O–H groups in total. The summed E-state index contributed by atoms with van der Waals surface area (Å²) in [4.78, 5) is 16.4. The third-order valence-corrected chi connectivity index (χ3v) is 8.78. The minimum atomic E-state index is -0.924. The van der Waals surface area contributed by atoms with Gasteiger partial charge in [-0.2, -0.15) is 0 Å². The summed E-state index contributed by atoms with van der Waals surface area (Å²) in [5.74, 6) is 1.06. The summed E-state index contributed by atoms with van der Waals surface area (Å²) < 4.78 is 0. The van der Waals surface area contributed by atoms with Crippen LogP contribution >= 0.6 is 0 Å². The number of rotatable bonds is 5. The third kappa shape index (κ3) is 4.67. The normalized spacial score (nSPS) is 37.0. The quantitative estimate of drug-likeness (QED) is 0.462. The zero-order chi connectivity index (χ0) is 22.1. The molecule has 32 heavy (non-hydrogen) atoms. The van der Waals surface area contributed by atoms with Crippen molar-refractivity contribution >= 4 is 5.97 Å². The molecule has 4 atom stereocenters. The largest absolute Gasteiger partial charge is 0.478 e. The van der Waals surface area contributed by atoms with E-state index in [9.17, 15) is 4.79 Å². The van der Waals surface area contributed by atoms with Gasteiger partial charge in [0.1, 0.15) is 0 Å². The van der Waals surface area contributed by atoms with E-state index in [2.05, 4.69) is 28.7 Å². The Balaban J connectivity index is 1.32. The summed E-state index contributed by atoms with van der Waals surface area (Å²) in [6, 6.07) is 2.80. The van der Waals surface area contributed by atoms with Crippen molar-refractivity contribution in [3.8, 4) is 0 Å². The second-order valence-electron chi connectivity index (χ2n) is 10.8. The number of nitrogens with zero attached hydrogens (tertiary/aromatic N) is 2. The lowest BCUT2D eigenvalue weighted by Gasteiger charge is -2.56. The first-order valence-electron chi connectivity index (χ1n) is 12.8. The van der Waals surface area contributed by atoms with E-state index in [-0.39, 0.29) is 0 Å². The Morgan fingerprint density at radius 2 is 1.62 bits per heavy atom. The molecule has 5 rings (SSSR count). The van der Waals surface area contributed by atoms with Crippen LogP contribution in [0.4, 0.5) is 0 Å². The Labute approximate surface area is 193 Å². The number of aliphatic carboxylic acids is 1. The lowest BCUT2D eigenvalue weighted by atomic mass is 9.68. The van der Waals surface area contributed by atoms with Gasteiger partial charge in [-0.25, -0.2) is 4.79 Å². The Morgan fingerprint density at radius 3 is 2.31 bits per heavy atom. The van der Waals surface area contributed by atoms with Crippen molar-refractivity contribution in [3.63, 3.8) is 0 Å². The lowest BCUT2D eigenvalue weighted by molar-refractivity contribution is -0.131. The molecule has 4 fully saturated rings. The van der Waals surface area contributed by atoms with Crippen molar-refractivity contribution < 1.29 is 9.90 Å². The van der Waals surface area contributed by atoms with Gasteiger partial charge in [0.05, 0.1) is 5.70 Å². The van der Waals surface area contributed by atoms with E-state index < -0.39 is 5.97 Å². The van der Waals surface area contributed by atoms with E-state index in [1.165, 1.54) is 76.7 Å². The van der Waals surface area contributed by atoms with Gasteiger partial charge >= 0.3 is 5.97 Å². The molecule has 2 aliphatic heterocycles. The first-order valence-corrected chi connectivity index (χ1v) is 12.8. The molecule has 2 heterocycles. The Hall–Kier alpha value is -2.03. The number of piperidine rings is 2. The molecule has 4 bridgehead atoms. The molecular weight excluding hydrogens is 396 g/mol. The molecule has 0 amide bonds. The average Bonchev–Trinajstić information content (AvgIpc) is 3.02. The van der Waals surface area contributed by atoms with Crippen LogP contribution in [0.5, 0.6) is 0 Å². The molecule has 3 aliphatic carbocycles. The van der Waals surface area contributed by atoms with E-state index in [0.29, 0.717) is 6.04 Å². The molecule has 0 radical (unpaired) electrons. The Kier molecular flexibility index (Phi) is 6.44. The topological polar surface area (TPSA) is 43.8 Å². The zero-order valence-electron chi connectivity index (χ0n) is 19.5. The van der Waals surface area contributed by atoms with Gasteiger partial charge in [-0.1, -0.05) is 43.6 Å². The maximum Gasteiger partial charge on any atom is 0.328 e. The molecular formula is C28H38N2O2. The Morgan fingerprint density at radius 1 is 0.969 bits per heavy atom. The SMILES string of the molecule is CN(C1=C=C(C=CC(=O)O)C=CC=C1)C1CC2CCCC(C1)N2C1CC2CCCC(C2)C1. The lowest BCUT2D eigenvalue weighted by Crippen LogP contribution is -2.60. The molecule has 4 heteroatoms. The van der Waals surface area contributed by atoms with Gasteiger partial charge in [-0.05, 0) is 75.0 Å². The predicted molar refractivity (Wildman–Crippen MR) is 128 cm³/mol. The molecule has 0 aromatic heterocycles. The van der Waals surface area contributed by atoms with Crippen LogP contribution in [0.3, 0.4) is 0 Å². The van der Waals surface area contributed by atoms with Crippen molar-refractivity contribution in [2.45, 2.75) is 94.8 Å². The van der Waals surface area contributed by atoms with Gasteiger partial charge in [0.2, 0.25) is 0 Å². The van der Waals surface area contributed by atoms with Crippen LogP contribution in [-0.4, -0.2) is 52.1 Å². The summed E-state index contributed by atoms with van der Waals surface area (Å²) >= 11 is 0. The van der Waals surface area contributed by atoms with Crippen LogP contribution in [0.2, 0.25) is 0 Å². The average molecular weight is 435 g/mol. The van der Waals surface area contributed by atoms with Gasteiger partial charge in [-0.15, -0.1) is 0 Å².